The van der Waals surface area contributed by atoms with Gasteiger partial charge >= 0.3 is 6.36 Å². The molecule has 2 nitrogen and oxygen atoms in total. The van der Waals surface area contributed by atoms with Crippen molar-refractivity contribution in [1.82, 2.24) is 5.32 Å². The van der Waals surface area contributed by atoms with Crippen LogP contribution in [0.4, 0.5) is 13.2 Å². The average molecular weight is 301 g/mol. The van der Waals surface area contributed by atoms with Crippen molar-refractivity contribution < 1.29 is 17.9 Å². The number of rotatable bonds is 5. The largest absolute Gasteiger partial charge is 0.573 e. The lowest BCUT2D eigenvalue weighted by atomic mass is 10.2. The summed E-state index contributed by atoms with van der Waals surface area (Å²) in [6.07, 6.45) is -4.65. The summed E-state index contributed by atoms with van der Waals surface area (Å²) in [5.74, 6) is -0.191. The van der Waals surface area contributed by atoms with E-state index in [1.807, 2.05) is 6.92 Å². The van der Waals surface area contributed by atoms with Crippen LogP contribution in [0, 0.1) is 6.92 Å². The van der Waals surface area contributed by atoms with Crippen molar-refractivity contribution in [1.29, 1.82) is 0 Å². The van der Waals surface area contributed by atoms with Crippen molar-refractivity contribution >= 4 is 11.3 Å². The molecule has 0 spiro atoms. The van der Waals surface area contributed by atoms with Crippen molar-refractivity contribution in [3.05, 3.63) is 51.7 Å². The molecule has 0 aliphatic carbocycles. The van der Waals surface area contributed by atoms with Gasteiger partial charge in [-0.05, 0) is 46.5 Å². The normalized spacial score (nSPS) is 11.6. The molecule has 20 heavy (non-hydrogen) atoms. The van der Waals surface area contributed by atoms with Gasteiger partial charge in [0.2, 0.25) is 0 Å². The molecule has 0 atom stereocenters. The molecule has 0 aliphatic rings. The van der Waals surface area contributed by atoms with E-state index in [2.05, 4.69) is 20.8 Å². The van der Waals surface area contributed by atoms with Crippen molar-refractivity contribution in [2.24, 2.45) is 0 Å². The molecular formula is C14H14F3NOS. The first kappa shape index (κ1) is 14.9. The molecule has 0 aliphatic heterocycles. The summed E-state index contributed by atoms with van der Waals surface area (Å²) in [7, 11) is 0. The molecule has 1 heterocycles. The minimum absolute atomic E-state index is 0.191. The number of hydrogen-bond donors (Lipinski definition) is 1. The van der Waals surface area contributed by atoms with Gasteiger partial charge in [0.15, 0.2) is 0 Å². The first-order valence-electron chi connectivity index (χ1n) is 6.01. The fourth-order valence-electron chi connectivity index (χ4n) is 1.76. The Bertz CT molecular complexity index is 566. The fraction of sp³-hybridized carbons (Fsp3) is 0.286. The Hall–Kier alpha value is -1.53. The first-order chi connectivity index (χ1) is 9.44. The molecule has 1 aromatic carbocycles. The molecule has 6 heteroatoms. The predicted molar refractivity (Wildman–Crippen MR) is 72.7 cm³/mol. The standard InChI is InChI=1S/C14H14F3NOS/c1-10-8-20-9-12(10)7-18-6-11-3-2-4-13(5-11)19-14(15,16)17/h2-5,8-9,18H,6-7H2,1H3. The molecule has 0 saturated carbocycles. The van der Waals surface area contributed by atoms with E-state index in [1.165, 1.54) is 23.3 Å². The fourth-order valence-corrected chi connectivity index (χ4v) is 2.62. The monoisotopic (exact) mass is 301 g/mol. The van der Waals surface area contributed by atoms with E-state index in [9.17, 15) is 13.2 Å². The third-order valence-electron chi connectivity index (χ3n) is 2.74. The number of hydrogen-bond acceptors (Lipinski definition) is 3. The molecule has 0 radical (unpaired) electrons. The zero-order chi connectivity index (χ0) is 14.6. The summed E-state index contributed by atoms with van der Waals surface area (Å²) in [4.78, 5) is 0. The van der Waals surface area contributed by atoms with Crippen LogP contribution in [0.25, 0.3) is 0 Å². The topological polar surface area (TPSA) is 21.3 Å². The van der Waals surface area contributed by atoms with E-state index < -0.39 is 6.36 Å². The highest BCUT2D eigenvalue weighted by molar-refractivity contribution is 7.08. The SMILES string of the molecule is Cc1cscc1CNCc1cccc(OC(F)(F)F)c1. The molecule has 1 aromatic heterocycles. The Balaban J connectivity index is 1.90. The van der Waals surface area contributed by atoms with Gasteiger partial charge in [0.1, 0.15) is 5.75 Å². The summed E-state index contributed by atoms with van der Waals surface area (Å²) in [5, 5.41) is 7.33. The maximum Gasteiger partial charge on any atom is 0.573 e. The van der Waals surface area contributed by atoms with Crippen LogP contribution < -0.4 is 10.1 Å². The molecular weight excluding hydrogens is 287 g/mol. The zero-order valence-corrected chi connectivity index (χ0v) is 11.6. The van der Waals surface area contributed by atoms with E-state index in [0.717, 1.165) is 5.56 Å². The number of alkyl halides is 3. The number of benzene rings is 1. The average Bonchev–Trinajstić information content (AvgIpc) is 2.73. The molecule has 0 saturated heterocycles. The number of thiophene rings is 1. The van der Waals surface area contributed by atoms with Crippen LogP contribution >= 0.6 is 11.3 Å². The molecule has 0 unspecified atom stereocenters. The number of halogens is 3. The second-order valence-corrected chi connectivity index (χ2v) is 5.12. The molecule has 1 N–H and O–H groups in total. The van der Waals surface area contributed by atoms with Crippen LogP contribution in [-0.4, -0.2) is 6.36 Å². The number of aryl methyl sites for hydroxylation is 1. The van der Waals surface area contributed by atoms with E-state index in [4.69, 9.17) is 0 Å². The first-order valence-corrected chi connectivity index (χ1v) is 6.95. The van der Waals surface area contributed by atoms with Crippen molar-refractivity contribution in [3.63, 3.8) is 0 Å². The Labute approximate surface area is 119 Å². The summed E-state index contributed by atoms with van der Waals surface area (Å²) in [6.45, 7) is 3.22. The third-order valence-corrected chi connectivity index (χ3v) is 3.65. The van der Waals surface area contributed by atoms with Crippen LogP contribution in [0.5, 0.6) is 5.75 Å². The number of nitrogens with one attached hydrogen (secondary N) is 1. The minimum Gasteiger partial charge on any atom is -0.406 e. The van der Waals surface area contributed by atoms with Gasteiger partial charge in [-0.1, -0.05) is 12.1 Å². The third kappa shape index (κ3) is 4.54. The molecule has 2 rings (SSSR count). The highest BCUT2D eigenvalue weighted by Gasteiger charge is 2.31. The van der Waals surface area contributed by atoms with Crippen molar-refractivity contribution in [3.8, 4) is 5.75 Å². The summed E-state index contributed by atoms with van der Waals surface area (Å²) < 4.78 is 40.2. The summed E-state index contributed by atoms with van der Waals surface area (Å²) >= 11 is 1.64. The lowest BCUT2D eigenvalue weighted by Crippen LogP contribution is -2.17. The van der Waals surface area contributed by atoms with Gasteiger partial charge in [-0.2, -0.15) is 11.3 Å². The van der Waals surface area contributed by atoms with Gasteiger partial charge < -0.3 is 10.1 Å². The minimum atomic E-state index is -4.65. The predicted octanol–water partition coefficient (Wildman–Crippen LogP) is 4.24. The molecule has 108 valence electrons. The molecule has 0 bridgehead atoms. The van der Waals surface area contributed by atoms with Crippen LogP contribution in [-0.2, 0) is 13.1 Å². The quantitative estimate of drug-likeness (QED) is 0.891. The Morgan fingerprint density at radius 3 is 2.65 bits per heavy atom. The lowest BCUT2D eigenvalue weighted by Gasteiger charge is -2.10. The maximum absolute atomic E-state index is 12.1. The smallest absolute Gasteiger partial charge is 0.406 e. The van der Waals surface area contributed by atoms with Gasteiger partial charge in [0.05, 0.1) is 0 Å². The van der Waals surface area contributed by atoms with Crippen LogP contribution in [0.15, 0.2) is 35.0 Å². The molecule has 0 amide bonds. The molecule has 0 fully saturated rings. The summed E-state index contributed by atoms with van der Waals surface area (Å²) in [5.41, 5.74) is 3.17. The Morgan fingerprint density at radius 2 is 2.00 bits per heavy atom. The van der Waals surface area contributed by atoms with Gasteiger partial charge in [-0.15, -0.1) is 13.2 Å². The van der Waals surface area contributed by atoms with E-state index >= 15 is 0 Å². The Morgan fingerprint density at radius 1 is 1.20 bits per heavy atom. The second-order valence-electron chi connectivity index (χ2n) is 4.38. The van der Waals surface area contributed by atoms with Gasteiger partial charge in [-0.3, -0.25) is 0 Å². The van der Waals surface area contributed by atoms with Crippen molar-refractivity contribution in [2.75, 3.05) is 0 Å². The summed E-state index contributed by atoms with van der Waals surface area (Å²) in [6, 6.07) is 5.99. The van der Waals surface area contributed by atoms with E-state index in [0.29, 0.717) is 13.1 Å². The van der Waals surface area contributed by atoms with Gasteiger partial charge in [0.25, 0.3) is 0 Å². The highest BCUT2D eigenvalue weighted by Crippen LogP contribution is 2.23. The van der Waals surface area contributed by atoms with Crippen LogP contribution in [0.1, 0.15) is 16.7 Å². The van der Waals surface area contributed by atoms with Crippen molar-refractivity contribution in [2.45, 2.75) is 26.4 Å². The molecule has 2 aromatic rings. The lowest BCUT2D eigenvalue weighted by molar-refractivity contribution is -0.274. The highest BCUT2D eigenvalue weighted by atomic mass is 32.1. The van der Waals surface area contributed by atoms with E-state index in [-0.39, 0.29) is 5.75 Å². The number of ether oxygens (including phenoxy) is 1. The Kier molecular flexibility index (Phi) is 4.67. The maximum atomic E-state index is 12.1. The van der Waals surface area contributed by atoms with Gasteiger partial charge in [-0.25, -0.2) is 0 Å². The zero-order valence-electron chi connectivity index (χ0n) is 10.8. The van der Waals surface area contributed by atoms with E-state index in [1.54, 1.807) is 23.5 Å². The van der Waals surface area contributed by atoms with Crippen LogP contribution in [0.2, 0.25) is 0 Å². The van der Waals surface area contributed by atoms with Gasteiger partial charge in [0, 0.05) is 13.1 Å². The van der Waals surface area contributed by atoms with Crippen LogP contribution in [0.3, 0.4) is 0 Å². The second kappa shape index (κ2) is 6.28.